The molecule has 0 spiro atoms. The number of nitrogens with zero attached hydrogens (tertiary/aromatic N) is 1. The van der Waals surface area contributed by atoms with Gasteiger partial charge in [0.1, 0.15) is 12.4 Å². The number of carbonyl (C=O) groups excluding carboxylic acids is 4. The van der Waals surface area contributed by atoms with E-state index in [1.54, 1.807) is 25.1 Å². The first-order chi connectivity index (χ1) is 12.9. The van der Waals surface area contributed by atoms with Crippen LogP contribution >= 0.6 is 0 Å². The number of halogens is 1. The predicted octanol–water partition coefficient (Wildman–Crippen LogP) is 1.85. The Balaban J connectivity index is 1.55. The minimum atomic E-state index is -0.849. The molecule has 0 unspecified atom stereocenters. The van der Waals surface area contributed by atoms with E-state index in [0.717, 1.165) is 11.0 Å². The number of Topliss-reactive ketones (excluding diaryl/α,β-unsaturated/α-hetero) is 1. The van der Waals surface area contributed by atoms with E-state index < -0.39 is 42.5 Å². The zero-order valence-electron chi connectivity index (χ0n) is 14.3. The number of hydrogen-bond acceptors (Lipinski definition) is 5. The van der Waals surface area contributed by atoms with Crippen LogP contribution in [0.15, 0.2) is 42.5 Å². The van der Waals surface area contributed by atoms with Crippen molar-refractivity contribution in [2.45, 2.75) is 6.92 Å². The number of ketones is 1. The zero-order valence-corrected chi connectivity index (χ0v) is 14.3. The van der Waals surface area contributed by atoms with E-state index >= 15 is 0 Å². The molecule has 1 N–H and O–H groups in total. The monoisotopic (exact) mass is 370 g/mol. The lowest BCUT2D eigenvalue weighted by molar-refractivity contribution is -0.146. The molecule has 3 rings (SSSR count). The fourth-order valence-electron chi connectivity index (χ4n) is 2.59. The number of para-hydroxylation sites is 1. The van der Waals surface area contributed by atoms with Gasteiger partial charge in [0.05, 0.1) is 11.3 Å². The second-order valence-corrected chi connectivity index (χ2v) is 5.91. The van der Waals surface area contributed by atoms with Gasteiger partial charge in [-0.3, -0.25) is 24.1 Å². The third-order valence-electron chi connectivity index (χ3n) is 3.99. The van der Waals surface area contributed by atoms with Gasteiger partial charge in [-0.1, -0.05) is 18.2 Å². The maximum absolute atomic E-state index is 13.5. The maximum Gasteiger partial charge on any atom is 0.326 e. The average molecular weight is 370 g/mol. The number of hydrogen-bond donors (Lipinski definition) is 1. The molecule has 0 saturated heterocycles. The number of anilines is 2. The van der Waals surface area contributed by atoms with Crippen LogP contribution in [-0.4, -0.2) is 36.7 Å². The highest BCUT2D eigenvalue weighted by Crippen LogP contribution is 2.28. The van der Waals surface area contributed by atoms with E-state index in [1.165, 1.54) is 18.2 Å². The van der Waals surface area contributed by atoms with Crippen LogP contribution in [0.2, 0.25) is 0 Å². The van der Waals surface area contributed by atoms with Crippen LogP contribution < -0.4 is 10.2 Å². The second kappa shape index (κ2) is 7.36. The number of rotatable bonds is 5. The number of fused-ring (bicyclic) bond motifs is 1. The summed E-state index contributed by atoms with van der Waals surface area (Å²) in [7, 11) is 0. The predicted molar refractivity (Wildman–Crippen MR) is 93.9 cm³/mol. The topological polar surface area (TPSA) is 92.8 Å². The molecular weight excluding hydrogens is 355 g/mol. The smallest absolute Gasteiger partial charge is 0.326 e. The lowest BCUT2D eigenvalue weighted by Crippen LogP contribution is -2.36. The van der Waals surface area contributed by atoms with Crippen molar-refractivity contribution >= 4 is 34.9 Å². The Labute approximate surface area is 153 Å². The van der Waals surface area contributed by atoms with Crippen molar-refractivity contribution in [3.8, 4) is 0 Å². The van der Waals surface area contributed by atoms with Crippen LogP contribution in [0.5, 0.6) is 0 Å². The van der Waals surface area contributed by atoms with Crippen LogP contribution in [0.4, 0.5) is 15.8 Å². The Morgan fingerprint density at radius 3 is 2.63 bits per heavy atom. The highest BCUT2D eigenvalue weighted by molar-refractivity contribution is 6.52. The summed E-state index contributed by atoms with van der Waals surface area (Å²) in [5.41, 5.74) is 1.21. The summed E-state index contributed by atoms with van der Waals surface area (Å²) >= 11 is 0. The van der Waals surface area contributed by atoms with Gasteiger partial charge in [0.2, 0.25) is 0 Å². The van der Waals surface area contributed by atoms with Gasteiger partial charge in [-0.05, 0) is 36.8 Å². The molecule has 27 heavy (non-hydrogen) atoms. The lowest BCUT2D eigenvalue weighted by Gasteiger charge is -2.15. The fourth-order valence-corrected chi connectivity index (χ4v) is 2.59. The highest BCUT2D eigenvalue weighted by Gasteiger charge is 2.36. The molecule has 2 amide bonds. The molecule has 0 bridgehead atoms. The molecule has 1 aliphatic heterocycles. The van der Waals surface area contributed by atoms with Crippen LogP contribution in [0, 0.1) is 12.7 Å². The molecule has 7 nitrogen and oxygen atoms in total. The summed E-state index contributed by atoms with van der Waals surface area (Å²) in [5.74, 6) is -3.50. The van der Waals surface area contributed by atoms with Crippen molar-refractivity contribution in [2.24, 2.45) is 0 Å². The molecule has 0 saturated carbocycles. The van der Waals surface area contributed by atoms with Crippen LogP contribution in [0.1, 0.15) is 15.9 Å². The van der Waals surface area contributed by atoms with Gasteiger partial charge in [0, 0.05) is 5.69 Å². The molecule has 1 aliphatic rings. The Morgan fingerprint density at radius 2 is 1.89 bits per heavy atom. The number of esters is 1. The van der Waals surface area contributed by atoms with Gasteiger partial charge < -0.3 is 10.1 Å². The molecule has 2 aromatic rings. The van der Waals surface area contributed by atoms with Gasteiger partial charge >= 0.3 is 5.97 Å². The summed E-state index contributed by atoms with van der Waals surface area (Å²) in [6, 6.07) is 10.5. The third-order valence-corrected chi connectivity index (χ3v) is 3.99. The van der Waals surface area contributed by atoms with E-state index in [1.807, 2.05) is 0 Å². The normalized spacial score (nSPS) is 12.7. The van der Waals surface area contributed by atoms with Crippen molar-refractivity contribution in [3.63, 3.8) is 0 Å². The van der Waals surface area contributed by atoms with Gasteiger partial charge in [-0.15, -0.1) is 0 Å². The number of nitrogens with one attached hydrogen (secondary N) is 1. The minimum Gasteiger partial charge on any atom is -0.454 e. The Bertz CT molecular complexity index is 957. The molecule has 8 heteroatoms. The number of aryl methyl sites for hydroxylation is 1. The van der Waals surface area contributed by atoms with E-state index in [4.69, 9.17) is 4.74 Å². The summed E-state index contributed by atoms with van der Waals surface area (Å²) < 4.78 is 18.3. The van der Waals surface area contributed by atoms with E-state index in [0.29, 0.717) is 11.3 Å². The molecule has 2 aromatic carbocycles. The first-order valence-corrected chi connectivity index (χ1v) is 8.03. The number of carbonyl (C=O) groups is 4. The molecule has 0 atom stereocenters. The highest BCUT2D eigenvalue weighted by atomic mass is 19.1. The molecule has 0 radical (unpaired) electrons. The first kappa shape index (κ1) is 18.2. The number of ether oxygens (including phenoxy) is 1. The first-order valence-electron chi connectivity index (χ1n) is 8.03. The van der Waals surface area contributed by atoms with Crippen LogP contribution in [-0.2, 0) is 19.1 Å². The molecule has 1 heterocycles. The van der Waals surface area contributed by atoms with Crippen molar-refractivity contribution < 1.29 is 28.3 Å². The lowest BCUT2D eigenvalue weighted by atomic mass is 10.1. The van der Waals surface area contributed by atoms with Crippen molar-refractivity contribution in [1.82, 2.24) is 0 Å². The Kier molecular flexibility index (Phi) is 4.98. The summed E-state index contributed by atoms with van der Waals surface area (Å²) in [4.78, 5) is 48.6. The average Bonchev–Trinajstić information content (AvgIpc) is 2.88. The second-order valence-electron chi connectivity index (χ2n) is 5.91. The third kappa shape index (κ3) is 3.84. The molecular formula is C19H15FN2O5. The Morgan fingerprint density at radius 1 is 1.15 bits per heavy atom. The van der Waals surface area contributed by atoms with Crippen molar-refractivity contribution in [3.05, 3.63) is 59.4 Å². The van der Waals surface area contributed by atoms with Gasteiger partial charge in [0.25, 0.3) is 17.6 Å². The van der Waals surface area contributed by atoms with Gasteiger partial charge in [0.15, 0.2) is 6.61 Å². The standard InChI is InChI=1S/C19H15FN2O5/c1-11-6-7-12(8-14(11)20)21-16(23)10-27-17(24)9-22-15-5-3-2-4-13(15)18(25)19(22)26/h2-8H,9-10H2,1H3,(H,21,23). The largest absolute Gasteiger partial charge is 0.454 e. The molecule has 0 aliphatic carbocycles. The fraction of sp³-hybridized carbons (Fsp3) is 0.158. The van der Waals surface area contributed by atoms with Crippen LogP contribution in [0.3, 0.4) is 0 Å². The van der Waals surface area contributed by atoms with E-state index in [2.05, 4.69) is 5.32 Å². The zero-order chi connectivity index (χ0) is 19.6. The molecule has 138 valence electrons. The summed E-state index contributed by atoms with van der Waals surface area (Å²) in [6.07, 6.45) is 0. The van der Waals surface area contributed by atoms with E-state index in [9.17, 15) is 23.6 Å². The SMILES string of the molecule is Cc1ccc(NC(=O)COC(=O)CN2C(=O)C(=O)c3ccccc32)cc1F. The Hall–Kier alpha value is -3.55. The minimum absolute atomic E-state index is 0.217. The maximum atomic E-state index is 13.5. The van der Waals surface area contributed by atoms with Crippen molar-refractivity contribution in [2.75, 3.05) is 23.4 Å². The summed E-state index contributed by atoms with van der Waals surface area (Å²) in [5, 5.41) is 2.40. The van der Waals surface area contributed by atoms with E-state index in [-0.39, 0.29) is 11.3 Å². The number of amides is 2. The van der Waals surface area contributed by atoms with Gasteiger partial charge in [-0.25, -0.2) is 4.39 Å². The van der Waals surface area contributed by atoms with Crippen molar-refractivity contribution in [1.29, 1.82) is 0 Å². The summed E-state index contributed by atoms with van der Waals surface area (Å²) in [6.45, 7) is 0.491. The molecule has 0 fully saturated rings. The molecule has 0 aromatic heterocycles. The van der Waals surface area contributed by atoms with Gasteiger partial charge in [-0.2, -0.15) is 0 Å². The van der Waals surface area contributed by atoms with Crippen LogP contribution in [0.25, 0.3) is 0 Å². The quantitative estimate of drug-likeness (QED) is 0.640. The number of benzene rings is 2.